The van der Waals surface area contributed by atoms with E-state index in [1.54, 1.807) is 0 Å². The van der Waals surface area contributed by atoms with Gasteiger partial charge in [-0.25, -0.2) is 9.78 Å². The molecular formula is C21H32N6O. The fourth-order valence-electron chi connectivity index (χ4n) is 2.64. The Hall–Kier alpha value is -2.67. The number of anilines is 3. The predicted octanol–water partition coefficient (Wildman–Crippen LogP) is 4.09. The summed E-state index contributed by atoms with van der Waals surface area (Å²) in [5.41, 5.74) is 2.80. The Morgan fingerprint density at radius 2 is 1.75 bits per heavy atom. The minimum absolute atomic E-state index is 0.0755. The average Bonchev–Trinajstić information content (AvgIpc) is 2.57. The van der Waals surface area contributed by atoms with Crippen LogP contribution in [0.25, 0.3) is 0 Å². The molecule has 0 saturated heterocycles. The topological polar surface area (TPSA) is 82.2 Å². The Morgan fingerprint density at radius 3 is 2.36 bits per heavy atom. The number of aryl methyl sites for hydroxylation is 1. The summed E-state index contributed by atoms with van der Waals surface area (Å²) in [6.45, 7) is 10.1. The highest BCUT2D eigenvalue weighted by Gasteiger charge is 2.13. The third kappa shape index (κ3) is 7.15. The molecule has 1 heterocycles. The van der Waals surface area contributed by atoms with Crippen molar-refractivity contribution in [3.8, 4) is 0 Å². The molecule has 0 atom stereocenters. The number of nitrogens with one attached hydrogen (secondary N) is 3. The van der Waals surface area contributed by atoms with Gasteiger partial charge in [0.15, 0.2) is 0 Å². The molecule has 0 bridgehead atoms. The first kappa shape index (κ1) is 21.6. The highest BCUT2D eigenvalue weighted by Crippen LogP contribution is 2.23. The van der Waals surface area contributed by atoms with Gasteiger partial charge in [0, 0.05) is 24.0 Å². The third-order valence-corrected chi connectivity index (χ3v) is 4.18. The molecule has 1 aromatic heterocycles. The van der Waals surface area contributed by atoms with Crippen molar-refractivity contribution >= 4 is 23.5 Å². The zero-order valence-corrected chi connectivity index (χ0v) is 17.8. The van der Waals surface area contributed by atoms with Crippen LogP contribution in [0.5, 0.6) is 0 Å². The number of amides is 2. The second kappa shape index (κ2) is 9.50. The van der Waals surface area contributed by atoms with Crippen molar-refractivity contribution in [3.05, 3.63) is 41.6 Å². The van der Waals surface area contributed by atoms with Crippen molar-refractivity contribution in [1.82, 2.24) is 14.9 Å². The summed E-state index contributed by atoms with van der Waals surface area (Å²) in [7, 11) is 4.10. The summed E-state index contributed by atoms with van der Waals surface area (Å²) in [4.78, 5) is 23.1. The molecular weight excluding hydrogens is 352 g/mol. The van der Waals surface area contributed by atoms with Crippen LogP contribution in [0.15, 0.2) is 30.3 Å². The summed E-state index contributed by atoms with van der Waals surface area (Å²) >= 11 is 0. The average molecular weight is 385 g/mol. The molecule has 0 aliphatic heterocycles. The molecule has 0 fully saturated rings. The number of carbonyl (C=O) groups excluding carboxylic acids is 1. The summed E-state index contributed by atoms with van der Waals surface area (Å²) in [6.07, 6.45) is 1.00. The van der Waals surface area contributed by atoms with Crippen molar-refractivity contribution in [2.24, 2.45) is 0 Å². The van der Waals surface area contributed by atoms with Crippen LogP contribution < -0.4 is 16.0 Å². The standard InChI is InChI=1S/C21H32N6O/c1-15-14-18(22-12-7-13-27(5)6)25-19(23-15)26-20(28)24-17-10-8-16(9-11-17)21(2,3)4/h8-11,14H,7,12-13H2,1-6H3,(H3,22,23,24,25,26,28). The van der Waals surface area contributed by atoms with Gasteiger partial charge in [-0.2, -0.15) is 4.98 Å². The molecule has 0 unspecified atom stereocenters. The number of urea groups is 1. The first-order chi connectivity index (χ1) is 13.1. The van der Waals surface area contributed by atoms with E-state index in [9.17, 15) is 4.79 Å². The Balaban J connectivity index is 1.94. The van der Waals surface area contributed by atoms with Crippen molar-refractivity contribution in [3.63, 3.8) is 0 Å². The maximum Gasteiger partial charge on any atom is 0.326 e. The Morgan fingerprint density at radius 1 is 1.07 bits per heavy atom. The molecule has 28 heavy (non-hydrogen) atoms. The van der Waals surface area contributed by atoms with Crippen molar-refractivity contribution < 1.29 is 4.79 Å². The fraction of sp³-hybridized carbons (Fsp3) is 0.476. The first-order valence-corrected chi connectivity index (χ1v) is 9.56. The van der Waals surface area contributed by atoms with E-state index in [4.69, 9.17) is 0 Å². The third-order valence-electron chi connectivity index (χ3n) is 4.18. The SMILES string of the molecule is Cc1cc(NCCCN(C)C)nc(NC(=O)Nc2ccc(C(C)(C)C)cc2)n1. The van der Waals surface area contributed by atoms with Gasteiger partial charge in [0.05, 0.1) is 0 Å². The lowest BCUT2D eigenvalue weighted by molar-refractivity contribution is 0.262. The number of benzene rings is 1. The largest absolute Gasteiger partial charge is 0.370 e. The lowest BCUT2D eigenvalue weighted by Crippen LogP contribution is -2.22. The molecule has 152 valence electrons. The molecule has 1 aromatic carbocycles. The highest BCUT2D eigenvalue weighted by molar-refractivity contribution is 5.98. The summed E-state index contributed by atoms with van der Waals surface area (Å²) in [5.74, 6) is 0.981. The Bertz CT molecular complexity index is 780. The lowest BCUT2D eigenvalue weighted by Gasteiger charge is -2.19. The van der Waals surface area contributed by atoms with Gasteiger partial charge in [0.25, 0.3) is 0 Å². The number of nitrogens with zero attached hydrogens (tertiary/aromatic N) is 3. The molecule has 3 N–H and O–H groups in total. The minimum atomic E-state index is -0.368. The molecule has 2 rings (SSSR count). The van der Waals surface area contributed by atoms with Crippen LogP contribution in [0.3, 0.4) is 0 Å². The van der Waals surface area contributed by atoms with E-state index < -0.39 is 0 Å². The first-order valence-electron chi connectivity index (χ1n) is 9.56. The maximum absolute atomic E-state index is 12.3. The van der Waals surface area contributed by atoms with E-state index in [-0.39, 0.29) is 17.4 Å². The fourth-order valence-corrected chi connectivity index (χ4v) is 2.64. The van der Waals surface area contributed by atoms with Gasteiger partial charge in [-0.1, -0.05) is 32.9 Å². The summed E-state index contributed by atoms with van der Waals surface area (Å²) in [6, 6.07) is 9.34. The van der Waals surface area contributed by atoms with Gasteiger partial charge < -0.3 is 15.5 Å². The lowest BCUT2D eigenvalue weighted by atomic mass is 9.87. The van der Waals surface area contributed by atoms with Gasteiger partial charge >= 0.3 is 6.03 Å². The summed E-state index contributed by atoms with van der Waals surface area (Å²) < 4.78 is 0. The molecule has 2 amide bonds. The van der Waals surface area contributed by atoms with Crippen molar-refractivity contribution in [2.75, 3.05) is 43.1 Å². The van der Waals surface area contributed by atoms with Crippen LogP contribution in [0, 0.1) is 6.92 Å². The zero-order valence-electron chi connectivity index (χ0n) is 17.8. The van der Waals surface area contributed by atoms with Gasteiger partial charge in [0.2, 0.25) is 5.95 Å². The molecule has 0 aliphatic carbocycles. The number of hydrogen-bond acceptors (Lipinski definition) is 5. The van der Waals surface area contributed by atoms with Crippen LogP contribution in [-0.2, 0) is 5.41 Å². The predicted molar refractivity (Wildman–Crippen MR) is 116 cm³/mol. The quantitative estimate of drug-likeness (QED) is 0.626. The molecule has 0 radical (unpaired) electrons. The Labute approximate surface area is 168 Å². The van der Waals surface area contributed by atoms with Crippen LogP contribution in [0.4, 0.5) is 22.2 Å². The van der Waals surface area contributed by atoms with E-state index in [1.807, 2.05) is 51.4 Å². The van der Waals surface area contributed by atoms with E-state index in [2.05, 4.69) is 51.6 Å². The second-order valence-corrected chi connectivity index (χ2v) is 8.21. The van der Waals surface area contributed by atoms with Gasteiger partial charge in [0.1, 0.15) is 5.82 Å². The number of rotatable bonds is 7. The van der Waals surface area contributed by atoms with Gasteiger partial charge in [-0.05, 0) is 57.1 Å². The van der Waals surface area contributed by atoms with E-state index >= 15 is 0 Å². The van der Waals surface area contributed by atoms with Gasteiger partial charge in [-0.3, -0.25) is 5.32 Å². The van der Waals surface area contributed by atoms with Crippen LogP contribution in [-0.4, -0.2) is 48.1 Å². The van der Waals surface area contributed by atoms with Crippen molar-refractivity contribution in [2.45, 2.75) is 39.5 Å². The molecule has 0 aliphatic rings. The monoisotopic (exact) mass is 384 g/mol. The number of hydrogen-bond donors (Lipinski definition) is 3. The highest BCUT2D eigenvalue weighted by atomic mass is 16.2. The van der Waals surface area contributed by atoms with E-state index in [1.165, 1.54) is 5.56 Å². The van der Waals surface area contributed by atoms with Crippen molar-refractivity contribution in [1.29, 1.82) is 0 Å². The van der Waals surface area contributed by atoms with E-state index in [0.717, 1.165) is 30.9 Å². The molecule has 7 nitrogen and oxygen atoms in total. The second-order valence-electron chi connectivity index (χ2n) is 8.21. The molecule has 0 saturated carbocycles. The normalized spacial score (nSPS) is 11.4. The van der Waals surface area contributed by atoms with Crippen LogP contribution in [0.2, 0.25) is 0 Å². The minimum Gasteiger partial charge on any atom is -0.370 e. The maximum atomic E-state index is 12.3. The number of carbonyl (C=O) groups is 1. The zero-order chi connectivity index (χ0) is 20.7. The van der Waals surface area contributed by atoms with Crippen LogP contribution >= 0.6 is 0 Å². The van der Waals surface area contributed by atoms with Gasteiger partial charge in [-0.15, -0.1) is 0 Å². The van der Waals surface area contributed by atoms with E-state index in [0.29, 0.717) is 5.82 Å². The molecule has 0 spiro atoms. The number of aromatic nitrogens is 2. The smallest absolute Gasteiger partial charge is 0.326 e. The molecule has 2 aromatic rings. The Kier molecular flexibility index (Phi) is 7.34. The van der Waals surface area contributed by atoms with Crippen LogP contribution in [0.1, 0.15) is 38.4 Å². The molecule has 7 heteroatoms. The summed E-state index contributed by atoms with van der Waals surface area (Å²) in [5, 5.41) is 8.80.